The van der Waals surface area contributed by atoms with Gasteiger partial charge in [0.2, 0.25) is 0 Å². The lowest BCUT2D eigenvalue weighted by Crippen LogP contribution is -2.00. The van der Waals surface area contributed by atoms with E-state index >= 15 is 0 Å². The first-order valence-corrected chi connectivity index (χ1v) is 6.75. The van der Waals surface area contributed by atoms with Crippen LogP contribution in [0.15, 0.2) is 54.7 Å². The standard InChI is InChI=1S/C15H11F2N.C2H6N2/c16-13-7-11(8-14(17)9-13)10-18-6-5-12-3-1-2-4-15(12)18;1-2(3)4/h1-9H,10H2;1H3,(H3,3,4). The van der Waals surface area contributed by atoms with Crippen molar-refractivity contribution in [3.05, 3.63) is 71.9 Å². The molecule has 114 valence electrons. The molecular formula is C17H17F2N3. The van der Waals surface area contributed by atoms with Gasteiger partial charge in [0, 0.05) is 24.3 Å². The normalized spacial score (nSPS) is 10.1. The molecule has 1 heterocycles. The van der Waals surface area contributed by atoms with Gasteiger partial charge >= 0.3 is 0 Å². The second kappa shape index (κ2) is 6.85. The summed E-state index contributed by atoms with van der Waals surface area (Å²) in [6.45, 7) is 1.99. The van der Waals surface area contributed by atoms with Gasteiger partial charge in [0.1, 0.15) is 11.6 Å². The number of benzene rings is 2. The zero-order valence-electron chi connectivity index (χ0n) is 12.2. The van der Waals surface area contributed by atoms with Crippen molar-refractivity contribution < 1.29 is 8.78 Å². The molecule has 0 saturated heterocycles. The molecule has 3 nitrogen and oxygen atoms in total. The summed E-state index contributed by atoms with van der Waals surface area (Å²) in [5, 5.41) is 7.40. The van der Waals surface area contributed by atoms with E-state index in [1.54, 1.807) is 0 Å². The van der Waals surface area contributed by atoms with Crippen LogP contribution in [0.2, 0.25) is 0 Å². The fourth-order valence-corrected chi connectivity index (χ4v) is 2.18. The van der Waals surface area contributed by atoms with Crippen molar-refractivity contribution in [1.82, 2.24) is 4.57 Å². The number of nitrogens with one attached hydrogen (secondary N) is 1. The molecule has 3 aromatic rings. The van der Waals surface area contributed by atoms with E-state index < -0.39 is 11.6 Å². The first-order chi connectivity index (χ1) is 10.5. The molecule has 0 spiro atoms. The van der Waals surface area contributed by atoms with Gasteiger partial charge in [-0.25, -0.2) is 8.78 Å². The van der Waals surface area contributed by atoms with Crippen LogP contribution in [0.1, 0.15) is 12.5 Å². The summed E-state index contributed by atoms with van der Waals surface area (Å²) in [6, 6.07) is 13.5. The second-order valence-electron chi connectivity index (χ2n) is 4.96. The highest BCUT2D eigenvalue weighted by Gasteiger charge is 2.04. The molecule has 0 aliphatic heterocycles. The molecule has 0 bridgehead atoms. The lowest BCUT2D eigenvalue weighted by molar-refractivity contribution is 0.578. The molecule has 0 radical (unpaired) electrons. The summed E-state index contributed by atoms with van der Waals surface area (Å²) in [7, 11) is 0. The average molecular weight is 301 g/mol. The predicted molar refractivity (Wildman–Crippen MR) is 85.0 cm³/mol. The Hall–Kier alpha value is -2.69. The van der Waals surface area contributed by atoms with Crippen molar-refractivity contribution in [2.75, 3.05) is 0 Å². The molecular weight excluding hydrogens is 284 g/mol. The van der Waals surface area contributed by atoms with Crippen molar-refractivity contribution in [1.29, 1.82) is 5.41 Å². The first kappa shape index (κ1) is 15.7. The number of rotatable bonds is 2. The third-order valence-electron chi connectivity index (χ3n) is 2.96. The van der Waals surface area contributed by atoms with E-state index in [9.17, 15) is 8.78 Å². The molecule has 2 aromatic carbocycles. The Bertz CT molecular complexity index is 769. The lowest BCUT2D eigenvalue weighted by Gasteiger charge is -2.06. The molecule has 0 aliphatic carbocycles. The summed E-state index contributed by atoms with van der Waals surface area (Å²) < 4.78 is 28.2. The minimum absolute atomic E-state index is 0.167. The third kappa shape index (κ3) is 4.15. The zero-order valence-corrected chi connectivity index (χ0v) is 12.2. The van der Waals surface area contributed by atoms with Crippen LogP contribution >= 0.6 is 0 Å². The first-order valence-electron chi connectivity index (χ1n) is 6.75. The Morgan fingerprint density at radius 1 is 1.09 bits per heavy atom. The maximum atomic E-state index is 13.1. The van der Waals surface area contributed by atoms with E-state index in [0.717, 1.165) is 17.0 Å². The topological polar surface area (TPSA) is 54.8 Å². The van der Waals surface area contributed by atoms with Crippen LogP contribution in [0.25, 0.3) is 10.9 Å². The van der Waals surface area contributed by atoms with Crippen LogP contribution < -0.4 is 5.73 Å². The average Bonchev–Trinajstić information content (AvgIpc) is 2.80. The lowest BCUT2D eigenvalue weighted by atomic mass is 10.2. The van der Waals surface area contributed by atoms with Gasteiger partial charge in [-0.3, -0.25) is 5.41 Å². The van der Waals surface area contributed by atoms with Gasteiger partial charge in [-0.2, -0.15) is 0 Å². The largest absolute Gasteiger partial charge is 0.388 e. The molecule has 3 N–H and O–H groups in total. The summed E-state index contributed by atoms with van der Waals surface area (Å²) in [5.41, 5.74) is 6.37. The Labute approximate surface area is 127 Å². The zero-order chi connectivity index (χ0) is 16.1. The Morgan fingerprint density at radius 3 is 2.32 bits per heavy atom. The van der Waals surface area contributed by atoms with Gasteiger partial charge in [0.15, 0.2) is 0 Å². The third-order valence-corrected chi connectivity index (χ3v) is 2.96. The molecule has 0 fully saturated rings. The monoisotopic (exact) mass is 301 g/mol. The molecule has 5 heteroatoms. The van der Waals surface area contributed by atoms with Crippen LogP contribution in [0.4, 0.5) is 8.78 Å². The van der Waals surface area contributed by atoms with Crippen molar-refractivity contribution in [2.24, 2.45) is 5.73 Å². The quantitative estimate of drug-likeness (QED) is 0.547. The molecule has 0 atom stereocenters. The highest BCUT2D eigenvalue weighted by molar-refractivity contribution is 5.80. The summed E-state index contributed by atoms with van der Waals surface area (Å²) >= 11 is 0. The van der Waals surface area contributed by atoms with E-state index in [1.807, 2.05) is 41.1 Å². The minimum atomic E-state index is -0.540. The van der Waals surface area contributed by atoms with Crippen molar-refractivity contribution in [3.8, 4) is 0 Å². The van der Waals surface area contributed by atoms with Crippen LogP contribution in [-0.4, -0.2) is 10.4 Å². The number of nitrogens with two attached hydrogens (primary N) is 1. The summed E-state index contributed by atoms with van der Waals surface area (Å²) in [6.07, 6.45) is 1.92. The van der Waals surface area contributed by atoms with Crippen LogP contribution in [-0.2, 0) is 6.54 Å². The second-order valence-corrected chi connectivity index (χ2v) is 4.96. The number of amidine groups is 1. The van der Waals surface area contributed by atoms with E-state index in [-0.39, 0.29) is 5.84 Å². The highest BCUT2D eigenvalue weighted by atomic mass is 19.1. The van der Waals surface area contributed by atoms with Gasteiger partial charge in [-0.05, 0) is 42.1 Å². The number of hydrogen-bond acceptors (Lipinski definition) is 1. The number of aromatic nitrogens is 1. The number of para-hydroxylation sites is 1. The van der Waals surface area contributed by atoms with Gasteiger partial charge in [-0.1, -0.05) is 18.2 Å². The summed E-state index contributed by atoms with van der Waals surface area (Å²) in [4.78, 5) is 0. The maximum absolute atomic E-state index is 13.1. The molecule has 22 heavy (non-hydrogen) atoms. The highest BCUT2D eigenvalue weighted by Crippen LogP contribution is 2.17. The number of fused-ring (bicyclic) bond motifs is 1. The van der Waals surface area contributed by atoms with Crippen LogP contribution in [0.3, 0.4) is 0 Å². The predicted octanol–water partition coefficient (Wildman–Crippen LogP) is 3.91. The SMILES string of the molecule is CC(=N)N.Fc1cc(F)cc(Cn2ccc3ccccc32)c1. The minimum Gasteiger partial charge on any atom is -0.388 e. The van der Waals surface area contributed by atoms with E-state index in [0.29, 0.717) is 12.1 Å². The van der Waals surface area contributed by atoms with Crippen molar-refractivity contribution in [3.63, 3.8) is 0 Å². The Kier molecular flexibility index (Phi) is 4.88. The van der Waals surface area contributed by atoms with Gasteiger partial charge in [0.05, 0.1) is 5.84 Å². The molecule has 1 aromatic heterocycles. The van der Waals surface area contributed by atoms with Gasteiger partial charge in [-0.15, -0.1) is 0 Å². The van der Waals surface area contributed by atoms with E-state index in [2.05, 4.69) is 0 Å². The molecule has 0 saturated carbocycles. The van der Waals surface area contributed by atoms with Crippen molar-refractivity contribution in [2.45, 2.75) is 13.5 Å². The fourth-order valence-electron chi connectivity index (χ4n) is 2.18. The number of nitrogens with zero attached hydrogens (tertiary/aromatic N) is 1. The number of hydrogen-bond donors (Lipinski definition) is 2. The van der Waals surface area contributed by atoms with E-state index in [1.165, 1.54) is 19.1 Å². The molecule has 0 amide bonds. The van der Waals surface area contributed by atoms with E-state index in [4.69, 9.17) is 11.1 Å². The number of halogens is 2. The Morgan fingerprint density at radius 2 is 1.68 bits per heavy atom. The van der Waals surface area contributed by atoms with Gasteiger partial charge in [0.25, 0.3) is 0 Å². The smallest absolute Gasteiger partial charge is 0.126 e. The molecule has 0 aliphatic rings. The maximum Gasteiger partial charge on any atom is 0.126 e. The van der Waals surface area contributed by atoms with Crippen molar-refractivity contribution >= 4 is 16.7 Å². The van der Waals surface area contributed by atoms with Crippen LogP contribution in [0, 0.1) is 17.0 Å². The fraction of sp³-hybridized carbons (Fsp3) is 0.118. The molecule has 0 unspecified atom stereocenters. The van der Waals surface area contributed by atoms with Crippen LogP contribution in [0.5, 0.6) is 0 Å². The Balaban J connectivity index is 0.000000396. The molecule has 3 rings (SSSR count). The summed E-state index contributed by atoms with van der Waals surface area (Å²) in [5.74, 6) is -0.914. The van der Waals surface area contributed by atoms with Gasteiger partial charge < -0.3 is 10.3 Å².